The molecule has 2 N–H and O–H groups in total. The first-order valence-corrected chi connectivity index (χ1v) is 5.29. The minimum absolute atomic E-state index is 0.552. The number of hydrogen-bond donors (Lipinski definition) is 2. The lowest BCUT2D eigenvalue weighted by atomic mass is 9.93. The van der Waals surface area contributed by atoms with E-state index in [2.05, 4.69) is 41.6 Å². The third kappa shape index (κ3) is 1.83. The van der Waals surface area contributed by atoms with Gasteiger partial charge in [-0.3, -0.25) is 0 Å². The maximum atomic E-state index is 3.43. The zero-order chi connectivity index (χ0) is 9.97. The van der Waals surface area contributed by atoms with Crippen molar-refractivity contribution in [2.24, 2.45) is 5.92 Å². The van der Waals surface area contributed by atoms with Gasteiger partial charge >= 0.3 is 0 Å². The minimum Gasteiger partial charge on any atom is -0.367 e. The maximum absolute atomic E-state index is 3.43. The summed E-state index contributed by atoms with van der Waals surface area (Å²) >= 11 is 0. The van der Waals surface area contributed by atoms with Gasteiger partial charge in [0.2, 0.25) is 0 Å². The van der Waals surface area contributed by atoms with Crippen molar-refractivity contribution in [3.05, 3.63) is 24.0 Å². The standard InChI is InChI=1S/C11H19N3/c1-14(2)11(9-3-5-12-7-9)10-4-6-13-8-10/h3,5,7,10-13H,4,6,8H2,1-2H3. The van der Waals surface area contributed by atoms with Gasteiger partial charge < -0.3 is 15.2 Å². The van der Waals surface area contributed by atoms with E-state index in [0.29, 0.717) is 6.04 Å². The molecule has 3 heteroatoms. The Hall–Kier alpha value is -0.800. The normalized spacial score (nSPS) is 24.4. The van der Waals surface area contributed by atoms with Crippen molar-refractivity contribution in [2.75, 3.05) is 27.2 Å². The Morgan fingerprint density at radius 1 is 1.50 bits per heavy atom. The van der Waals surface area contributed by atoms with Crippen molar-refractivity contribution >= 4 is 0 Å². The van der Waals surface area contributed by atoms with Gasteiger partial charge in [-0.15, -0.1) is 0 Å². The van der Waals surface area contributed by atoms with E-state index in [-0.39, 0.29) is 0 Å². The summed E-state index contributed by atoms with van der Waals surface area (Å²) in [4.78, 5) is 5.46. The van der Waals surface area contributed by atoms with Gasteiger partial charge in [-0.1, -0.05) is 0 Å². The first-order valence-electron chi connectivity index (χ1n) is 5.29. The summed E-state index contributed by atoms with van der Waals surface area (Å²) < 4.78 is 0. The molecule has 78 valence electrons. The molecule has 2 atom stereocenters. The van der Waals surface area contributed by atoms with Crippen LogP contribution in [0.15, 0.2) is 18.5 Å². The number of H-pyrrole nitrogens is 1. The van der Waals surface area contributed by atoms with Crippen molar-refractivity contribution in [1.82, 2.24) is 15.2 Å². The summed E-state index contributed by atoms with van der Waals surface area (Å²) in [5, 5.41) is 3.43. The zero-order valence-electron chi connectivity index (χ0n) is 8.96. The smallest absolute Gasteiger partial charge is 0.0397 e. The number of nitrogens with one attached hydrogen (secondary N) is 2. The van der Waals surface area contributed by atoms with E-state index in [1.807, 2.05) is 6.20 Å². The van der Waals surface area contributed by atoms with Crippen LogP contribution in [0.25, 0.3) is 0 Å². The fourth-order valence-electron chi connectivity index (χ4n) is 2.46. The SMILES string of the molecule is CN(C)C(c1cc[nH]c1)C1CCNC1. The van der Waals surface area contributed by atoms with E-state index in [4.69, 9.17) is 0 Å². The molecule has 1 saturated heterocycles. The third-order valence-corrected chi connectivity index (χ3v) is 3.06. The second kappa shape index (κ2) is 4.15. The molecule has 14 heavy (non-hydrogen) atoms. The van der Waals surface area contributed by atoms with Crippen molar-refractivity contribution < 1.29 is 0 Å². The number of aromatic amines is 1. The van der Waals surface area contributed by atoms with Crippen LogP contribution in [0.3, 0.4) is 0 Å². The molecule has 2 rings (SSSR count). The molecule has 0 amide bonds. The van der Waals surface area contributed by atoms with E-state index in [9.17, 15) is 0 Å². The van der Waals surface area contributed by atoms with Crippen LogP contribution in [-0.2, 0) is 0 Å². The van der Waals surface area contributed by atoms with Crippen LogP contribution in [0.4, 0.5) is 0 Å². The molecular weight excluding hydrogens is 174 g/mol. The van der Waals surface area contributed by atoms with Gasteiger partial charge in [-0.05, 0) is 51.2 Å². The fourth-order valence-corrected chi connectivity index (χ4v) is 2.46. The molecule has 1 aromatic heterocycles. The summed E-state index contributed by atoms with van der Waals surface area (Å²) in [5.41, 5.74) is 1.41. The van der Waals surface area contributed by atoms with Crippen LogP contribution in [0.1, 0.15) is 18.0 Å². The van der Waals surface area contributed by atoms with Gasteiger partial charge in [-0.2, -0.15) is 0 Å². The largest absolute Gasteiger partial charge is 0.367 e. The molecule has 0 radical (unpaired) electrons. The molecular formula is C11H19N3. The molecule has 0 aliphatic carbocycles. The lowest BCUT2D eigenvalue weighted by Crippen LogP contribution is -2.28. The summed E-state index contributed by atoms with van der Waals surface area (Å²) in [6.07, 6.45) is 5.41. The van der Waals surface area contributed by atoms with Crippen LogP contribution >= 0.6 is 0 Å². The summed E-state index contributed by atoms with van der Waals surface area (Å²) in [5.74, 6) is 0.751. The molecule has 3 nitrogen and oxygen atoms in total. The average Bonchev–Trinajstić information content (AvgIpc) is 2.75. The quantitative estimate of drug-likeness (QED) is 0.756. The third-order valence-electron chi connectivity index (χ3n) is 3.06. The Balaban J connectivity index is 2.15. The van der Waals surface area contributed by atoms with E-state index in [1.54, 1.807) is 0 Å². The van der Waals surface area contributed by atoms with Crippen molar-refractivity contribution in [3.63, 3.8) is 0 Å². The Morgan fingerprint density at radius 3 is 2.86 bits per heavy atom. The Labute approximate surface area is 85.5 Å². The molecule has 1 fully saturated rings. The molecule has 0 saturated carbocycles. The molecule has 1 aliphatic heterocycles. The van der Waals surface area contributed by atoms with E-state index in [1.165, 1.54) is 18.5 Å². The second-order valence-corrected chi connectivity index (χ2v) is 4.31. The predicted molar refractivity (Wildman–Crippen MR) is 58.2 cm³/mol. The van der Waals surface area contributed by atoms with Gasteiger partial charge in [0, 0.05) is 18.4 Å². The molecule has 0 bridgehead atoms. The minimum atomic E-state index is 0.552. The highest BCUT2D eigenvalue weighted by molar-refractivity contribution is 5.15. The van der Waals surface area contributed by atoms with Crippen LogP contribution in [-0.4, -0.2) is 37.1 Å². The summed E-state index contributed by atoms with van der Waals surface area (Å²) in [7, 11) is 4.33. The average molecular weight is 193 g/mol. The number of rotatable bonds is 3. The topological polar surface area (TPSA) is 31.1 Å². The molecule has 0 aromatic carbocycles. The molecule has 2 heterocycles. The van der Waals surface area contributed by atoms with E-state index in [0.717, 1.165) is 12.5 Å². The Bertz CT molecular complexity index is 260. The van der Waals surface area contributed by atoms with Gasteiger partial charge in [0.15, 0.2) is 0 Å². The molecule has 1 aliphatic rings. The Kier molecular flexibility index (Phi) is 2.89. The highest BCUT2D eigenvalue weighted by Crippen LogP contribution is 2.30. The first-order chi connectivity index (χ1) is 6.79. The van der Waals surface area contributed by atoms with Crippen LogP contribution < -0.4 is 5.32 Å². The van der Waals surface area contributed by atoms with Crippen molar-refractivity contribution in [2.45, 2.75) is 12.5 Å². The monoisotopic (exact) mass is 193 g/mol. The number of hydrogen-bond acceptors (Lipinski definition) is 2. The summed E-state index contributed by atoms with van der Waals surface area (Å²) in [6, 6.07) is 2.74. The predicted octanol–water partition coefficient (Wildman–Crippen LogP) is 1.23. The van der Waals surface area contributed by atoms with Gasteiger partial charge in [0.25, 0.3) is 0 Å². The number of aromatic nitrogens is 1. The highest BCUT2D eigenvalue weighted by Gasteiger charge is 2.27. The Morgan fingerprint density at radius 2 is 2.36 bits per heavy atom. The van der Waals surface area contributed by atoms with Crippen LogP contribution in [0, 0.1) is 5.92 Å². The van der Waals surface area contributed by atoms with E-state index >= 15 is 0 Å². The summed E-state index contributed by atoms with van der Waals surface area (Å²) in [6.45, 7) is 2.31. The fraction of sp³-hybridized carbons (Fsp3) is 0.636. The van der Waals surface area contributed by atoms with Crippen molar-refractivity contribution in [1.29, 1.82) is 0 Å². The second-order valence-electron chi connectivity index (χ2n) is 4.31. The van der Waals surface area contributed by atoms with Crippen LogP contribution in [0.2, 0.25) is 0 Å². The lowest BCUT2D eigenvalue weighted by Gasteiger charge is -2.28. The van der Waals surface area contributed by atoms with Gasteiger partial charge in [0.1, 0.15) is 0 Å². The molecule has 2 unspecified atom stereocenters. The first kappa shape index (κ1) is 9.74. The maximum Gasteiger partial charge on any atom is 0.0397 e. The number of nitrogens with zero attached hydrogens (tertiary/aromatic N) is 1. The molecule has 0 spiro atoms. The van der Waals surface area contributed by atoms with Gasteiger partial charge in [-0.25, -0.2) is 0 Å². The highest BCUT2D eigenvalue weighted by atomic mass is 15.1. The van der Waals surface area contributed by atoms with Crippen LogP contribution in [0.5, 0.6) is 0 Å². The molecule has 1 aromatic rings. The zero-order valence-corrected chi connectivity index (χ0v) is 8.96. The van der Waals surface area contributed by atoms with E-state index < -0.39 is 0 Å². The van der Waals surface area contributed by atoms with Gasteiger partial charge in [0.05, 0.1) is 0 Å². The lowest BCUT2D eigenvalue weighted by molar-refractivity contribution is 0.223. The van der Waals surface area contributed by atoms with Crippen molar-refractivity contribution in [3.8, 4) is 0 Å².